The molecule has 0 aliphatic heterocycles. The highest BCUT2D eigenvalue weighted by atomic mass is 79.9. The Labute approximate surface area is 191 Å². The van der Waals surface area contributed by atoms with Gasteiger partial charge in [-0.15, -0.1) is 0 Å². The Bertz CT molecular complexity index is 761. The van der Waals surface area contributed by atoms with Crippen molar-refractivity contribution in [2.45, 2.75) is 65.3 Å². The molecule has 0 aliphatic rings. The molecule has 2 N–H and O–H groups in total. The molecule has 0 saturated carbocycles. The second-order valence-electron chi connectivity index (χ2n) is 8.38. The van der Waals surface area contributed by atoms with Crippen molar-refractivity contribution in [2.75, 3.05) is 5.33 Å². The quantitative estimate of drug-likeness (QED) is 0.378. The van der Waals surface area contributed by atoms with Gasteiger partial charge in [-0.2, -0.15) is 0 Å². The summed E-state index contributed by atoms with van der Waals surface area (Å²) in [6.45, 7) is 8.69. The Morgan fingerprint density at radius 1 is 1.03 bits per heavy atom. The Kier molecular flexibility index (Phi) is 10.7. The number of alkyl halides is 1. The zero-order valence-electron chi connectivity index (χ0n) is 18.6. The lowest BCUT2D eigenvalue weighted by atomic mass is 10.0. The highest BCUT2D eigenvalue weighted by Gasteiger charge is 2.31. The number of esters is 1. The van der Waals surface area contributed by atoms with Crippen LogP contribution in [0.5, 0.6) is 0 Å². The fourth-order valence-corrected chi connectivity index (χ4v) is 2.97. The van der Waals surface area contributed by atoms with Crippen molar-refractivity contribution in [1.29, 1.82) is 0 Å². The van der Waals surface area contributed by atoms with Crippen LogP contribution in [0.15, 0.2) is 30.3 Å². The summed E-state index contributed by atoms with van der Waals surface area (Å²) in [7, 11) is 0. The number of nitrogens with one attached hydrogen (secondary N) is 2. The van der Waals surface area contributed by atoms with E-state index >= 15 is 0 Å². The molecule has 0 radical (unpaired) electrons. The van der Waals surface area contributed by atoms with Gasteiger partial charge in [0, 0.05) is 0 Å². The van der Waals surface area contributed by atoms with E-state index in [1.165, 1.54) is 0 Å². The van der Waals surface area contributed by atoms with Gasteiger partial charge >= 0.3 is 12.1 Å². The SMILES string of the molecule is CC(C)[C@H](NC(=O)OCc1ccccc1)C(=O)NC(CC(=O)OC(C)(C)C)C(=O)CBr. The van der Waals surface area contributed by atoms with E-state index in [9.17, 15) is 19.2 Å². The number of alkyl carbamates (subject to hydrolysis) is 1. The zero-order valence-corrected chi connectivity index (χ0v) is 20.2. The highest BCUT2D eigenvalue weighted by Crippen LogP contribution is 2.11. The lowest BCUT2D eigenvalue weighted by Gasteiger charge is -2.25. The van der Waals surface area contributed by atoms with Gasteiger partial charge in [0.25, 0.3) is 0 Å². The molecule has 1 unspecified atom stereocenters. The molecular weight excluding hydrogens is 468 g/mol. The predicted octanol–water partition coefficient (Wildman–Crippen LogP) is 3.12. The van der Waals surface area contributed by atoms with Gasteiger partial charge in [-0.3, -0.25) is 14.4 Å². The molecule has 8 nitrogen and oxygen atoms in total. The normalized spacial score (nSPS) is 13.1. The van der Waals surface area contributed by atoms with Crippen LogP contribution in [-0.2, 0) is 30.5 Å². The summed E-state index contributed by atoms with van der Waals surface area (Å²) in [5, 5.41) is 5.04. The van der Waals surface area contributed by atoms with E-state index < -0.39 is 35.7 Å². The maximum Gasteiger partial charge on any atom is 0.408 e. The van der Waals surface area contributed by atoms with E-state index in [0.717, 1.165) is 5.56 Å². The molecule has 9 heteroatoms. The van der Waals surface area contributed by atoms with Crippen LogP contribution in [0.1, 0.15) is 46.6 Å². The van der Waals surface area contributed by atoms with Gasteiger partial charge in [-0.05, 0) is 32.3 Å². The standard InChI is InChI=1S/C22H31BrN2O6/c1-14(2)19(25-21(29)30-13-15-9-7-6-8-10-15)20(28)24-16(17(26)12-23)11-18(27)31-22(3,4)5/h6-10,14,16,19H,11-13H2,1-5H3,(H,24,28)(H,25,29)/t16?,19-/m0/s1. The molecule has 1 aromatic rings. The van der Waals surface area contributed by atoms with E-state index in [1.54, 1.807) is 34.6 Å². The Balaban J connectivity index is 2.76. The average Bonchev–Trinajstić information content (AvgIpc) is 2.68. The molecule has 0 saturated heterocycles. The summed E-state index contributed by atoms with van der Waals surface area (Å²) in [5.74, 6) is -1.86. The minimum Gasteiger partial charge on any atom is -0.460 e. The third kappa shape index (κ3) is 10.4. The van der Waals surface area contributed by atoms with Crippen LogP contribution in [0, 0.1) is 5.92 Å². The highest BCUT2D eigenvalue weighted by molar-refractivity contribution is 9.09. The summed E-state index contributed by atoms with van der Waals surface area (Å²) in [6, 6.07) is 7.10. The molecule has 2 atom stereocenters. The molecule has 0 heterocycles. The fraction of sp³-hybridized carbons (Fsp3) is 0.545. The lowest BCUT2D eigenvalue weighted by molar-refractivity contribution is -0.156. The Morgan fingerprint density at radius 2 is 1.65 bits per heavy atom. The van der Waals surface area contributed by atoms with Crippen molar-refractivity contribution in [3.05, 3.63) is 35.9 Å². The summed E-state index contributed by atoms with van der Waals surface area (Å²) in [5.41, 5.74) is 0.0942. The minimum absolute atomic E-state index is 0.0420. The molecule has 31 heavy (non-hydrogen) atoms. The van der Waals surface area contributed by atoms with Crippen LogP contribution in [0.3, 0.4) is 0 Å². The zero-order chi connectivity index (χ0) is 23.6. The monoisotopic (exact) mass is 498 g/mol. The summed E-state index contributed by atoms with van der Waals surface area (Å²) in [6.07, 6.45) is -1.07. The van der Waals surface area contributed by atoms with E-state index in [1.807, 2.05) is 30.3 Å². The third-order valence-electron chi connectivity index (χ3n) is 4.06. The van der Waals surface area contributed by atoms with E-state index in [2.05, 4.69) is 26.6 Å². The van der Waals surface area contributed by atoms with Crippen LogP contribution in [0.25, 0.3) is 0 Å². The smallest absolute Gasteiger partial charge is 0.408 e. The van der Waals surface area contributed by atoms with Crippen LogP contribution in [-0.4, -0.2) is 46.8 Å². The minimum atomic E-state index is -1.08. The summed E-state index contributed by atoms with van der Waals surface area (Å²) < 4.78 is 10.4. The van der Waals surface area contributed by atoms with Crippen LogP contribution in [0.4, 0.5) is 4.79 Å². The number of amides is 2. The number of rotatable bonds is 10. The summed E-state index contributed by atoms with van der Waals surface area (Å²) in [4.78, 5) is 49.4. The maximum absolute atomic E-state index is 12.8. The number of halogens is 1. The first-order valence-corrected chi connectivity index (χ1v) is 11.1. The van der Waals surface area contributed by atoms with Crippen molar-refractivity contribution in [3.8, 4) is 0 Å². The number of hydrogen-bond acceptors (Lipinski definition) is 6. The molecule has 0 bridgehead atoms. The van der Waals surface area contributed by atoms with Crippen LogP contribution < -0.4 is 10.6 Å². The van der Waals surface area contributed by atoms with Crippen molar-refractivity contribution in [2.24, 2.45) is 5.92 Å². The number of carbonyl (C=O) groups excluding carboxylic acids is 4. The van der Waals surface area contributed by atoms with Gasteiger partial charge in [0.2, 0.25) is 5.91 Å². The van der Waals surface area contributed by atoms with Gasteiger partial charge < -0.3 is 20.1 Å². The van der Waals surface area contributed by atoms with E-state index in [-0.39, 0.29) is 30.1 Å². The third-order valence-corrected chi connectivity index (χ3v) is 4.62. The van der Waals surface area contributed by atoms with Gasteiger partial charge in [0.1, 0.15) is 18.2 Å². The number of carbonyl (C=O) groups is 4. The summed E-state index contributed by atoms with van der Waals surface area (Å²) >= 11 is 3.06. The average molecular weight is 499 g/mol. The first kappa shape index (κ1) is 26.6. The van der Waals surface area contributed by atoms with Gasteiger partial charge in [-0.25, -0.2) is 4.79 Å². The molecule has 2 amide bonds. The van der Waals surface area contributed by atoms with Crippen LogP contribution in [0.2, 0.25) is 0 Å². The van der Waals surface area contributed by atoms with Crippen LogP contribution >= 0.6 is 15.9 Å². The molecule has 0 aromatic heterocycles. The second kappa shape index (κ2) is 12.4. The van der Waals surface area contributed by atoms with Gasteiger partial charge in [-0.1, -0.05) is 60.1 Å². The van der Waals surface area contributed by atoms with Crippen molar-refractivity contribution in [3.63, 3.8) is 0 Å². The molecule has 0 aliphatic carbocycles. The molecule has 0 fully saturated rings. The second-order valence-corrected chi connectivity index (χ2v) is 8.94. The number of benzene rings is 1. The fourth-order valence-electron chi connectivity index (χ4n) is 2.58. The number of ether oxygens (including phenoxy) is 2. The maximum atomic E-state index is 12.8. The first-order valence-electron chi connectivity index (χ1n) is 10.0. The number of hydrogen-bond donors (Lipinski definition) is 2. The first-order chi connectivity index (χ1) is 14.4. The van der Waals surface area contributed by atoms with Crippen molar-refractivity contribution in [1.82, 2.24) is 10.6 Å². The molecule has 1 rings (SSSR count). The number of ketones is 1. The largest absolute Gasteiger partial charge is 0.460 e. The van der Waals surface area contributed by atoms with E-state index in [4.69, 9.17) is 9.47 Å². The van der Waals surface area contributed by atoms with Gasteiger partial charge in [0.05, 0.1) is 17.8 Å². The molecule has 0 spiro atoms. The van der Waals surface area contributed by atoms with E-state index in [0.29, 0.717) is 0 Å². The number of Topliss-reactive ketones (excluding diaryl/α,β-unsaturated/α-hetero) is 1. The molecule has 1 aromatic carbocycles. The molecular formula is C22H31BrN2O6. The lowest BCUT2D eigenvalue weighted by Crippen LogP contribution is -2.54. The van der Waals surface area contributed by atoms with Crippen molar-refractivity contribution < 1.29 is 28.7 Å². The topological polar surface area (TPSA) is 111 Å². The molecule has 172 valence electrons. The predicted molar refractivity (Wildman–Crippen MR) is 120 cm³/mol. The Hall–Kier alpha value is -2.42. The van der Waals surface area contributed by atoms with Crippen molar-refractivity contribution >= 4 is 39.7 Å². The van der Waals surface area contributed by atoms with Gasteiger partial charge in [0.15, 0.2) is 5.78 Å². The Morgan fingerprint density at radius 3 is 2.16 bits per heavy atom.